The average molecular weight is 176 g/mol. The summed E-state index contributed by atoms with van der Waals surface area (Å²) in [5.74, 6) is 0. The van der Waals surface area contributed by atoms with Gasteiger partial charge in [0.1, 0.15) is 6.61 Å². The summed E-state index contributed by atoms with van der Waals surface area (Å²) in [6, 6.07) is 4.86. The first-order chi connectivity index (χ1) is 4.74. The molecule has 0 aliphatic rings. The molecule has 0 N–H and O–H groups in total. The Balaban J connectivity index is 3.09. The Morgan fingerprint density at radius 1 is 1.30 bits per heavy atom. The second-order valence-electron chi connectivity index (χ2n) is 1.88. The third kappa shape index (κ3) is 1.63. The van der Waals surface area contributed by atoms with Crippen molar-refractivity contribution in [3.8, 4) is 0 Å². The largest absolute Gasteiger partial charge is 0.232 e. The summed E-state index contributed by atoms with van der Waals surface area (Å²) >= 11 is 11.2. The van der Waals surface area contributed by atoms with Gasteiger partial charge in [-0.2, -0.15) is 0 Å². The molecule has 1 rings (SSSR count). The van der Waals surface area contributed by atoms with Crippen LogP contribution in [0.25, 0.3) is 0 Å². The number of hydrogen-bond donors (Lipinski definition) is 0. The fraction of sp³-hybridized carbons (Fsp3) is 0.143. The first-order valence-corrected chi connectivity index (χ1v) is 3.51. The maximum absolute atomic E-state index is 10.4. The van der Waals surface area contributed by atoms with Crippen LogP contribution in [0.15, 0.2) is 18.2 Å². The van der Waals surface area contributed by atoms with Gasteiger partial charge in [0, 0.05) is 15.6 Å². The molecule has 0 saturated heterocycles. The summed E-state index contributed by atoms with van der Waals surface area (Å²) in [6.45, 7) is -0.320. The van der Waals surface area contributed by atoms with Crippen molar-refractivity contribution >= 4 is 23.2 Å². The molecule has 1 radical (unpaired) electrons. The predicted octanol–water partition coefficient (Wildman–Crippen LogP) is 2.92. The third-order valence-electron chi connectivity index (χ3n) is 1.16. The Morgan fingerprint density at radius 2 is 2.00 bits per heavy atom. The van der Waals surface area contributed by atoms with E-state index in [4.69, 9.17) is 23.2 Å². The molecule has 1 aromatic carbocycles. The van der Waals surface area contributed by atoms with Gasteiger partial charge in [-0.25, -0.2) is 5.11 Å². The quantitative estimate of drug-likeness (QED) is 0.626. The Kier molecular flexibility index (Phi) is 2.55. The number of benzene rings is 1. The van der Waals surface area contributed by atoms with Gasteiger partial charge in [0.25, 0.3) is 0 Å². The maximum atomic E-state index is 10.4. The van der Waals surface area contributed by atoms with Crippen molar-refractivity contribution in [3.05, 3.63) is 33.8 Å². The van der Waals surface area contributed by atoms with Crippen LogP contribution >= 0.6 is 23.2 Å². The van der Waals surface area contributed by atoms with E-state index in [0.717, 1.165) is 0 Å². The highest BCUT2D eigenvalue weighted by Gasteiger charge is 1.98. The summed E-state index contributed by atoms with van der Waals surface area (Å²) in [5, 5.41) is 11.4. The molecule has 0 aromatic heterocycles. The molecule has 0 fully saturated rings. The van der Waals surface area contributed by atoms with E-state index in [1.807, 2.05) is 0 Å². The SMILES string of the molecule is [O]Cc1cc(Cl)ccc1Cl. The molecule has 53 valence electrons. The van der Waals surface area contributed by atoms with Crippen molar-refractivity contribution < 1.29 is 5.11 Å². The van der Waals surface area contributed by atoms with Crippen LogP contribution in [0.4, 0.5) is 0 Å². The van der Waals surface area contributed by atoms with Crippen LogP contribution in [0.5, 0.6) is 0 Å². The fourth-order valence-corrected chi connectivity index (χ4v) is 1.02. The van der Waals surface area contributed by atoms with Crippen LogP contribution in [0.1, 0.15) is 5.56 Å². The molecule has 0 bridgehead atoms. The van der Waals surface area contributed by atoms with E-state index in [9.17, 15) is 5.11 Å². The maximum Gasteiger partial charge on any atom is 0.109 e. The standard InChI is InChI=1S/C7H5Cl2O/c8-6-1-2-7(9)5(3-6)4-10/h1-3H,4H2. The summed E-state index contributed by atoms with van der Waals surface area (Å²) in [7, 11) is 0. The lowest BCUT2D eigenvalue weighted by Crippen LogP contribution is -1.81. The predicted molar refractivity (Wildman–Crippen MR) is 40.9 cm³/mol. The van der Waals surface area contributed by atoms with E-state index in [0.29, 0.717) is 15.6 Å². The summed E-state index contributed by atoms with van der Waals surface area (Å²) in [6.07, 6.45) is 0. The molecule has 1 aromatic rings. The van der Waals surface area contributed by atoms with Gasteiger partial charge in [-0.3, -0.25) is 0 Å². The number of rotatable bonds is 1. The van der Waals surface area contributed by atoms with Gasteiger partial charge in [0.15, 0.2) is 0 Å². The first kappa shape index (κ1) is 7.86. The lowest BCUT2D eigenvalue weighted by molar-refractivity contribution is 0.177. The average Bonchev–Trinajstić information content (AvgIpc) is 1.94. The van der Waals surface area contributed by atoms with Crippen molar-refractivity contribution in [1.29, 1.82) is 0 Å². The molecule has 0 atom stereocenters. The molecule has 0 aliphatic carbocycles. The zero-order chi connectivity index (χ0) is 7.56. The fourth-order valence-electron chi connectivity index (χ4n) is 0.654. The molecule has 0 heterocycles. The van der Waals surface area contributed by atoms with Gasteiger partial charge < -0.3 is 0 Å². The van der Waals surface area contributed by atoms with Crippen molar-refractivity contribution in [2.45, 2.75) is 6.61 Å². The van der Waals surface area contributed by atoms with Crippen LogP contribution in [0, 0.1) is 0 Å². The smallest absolute Gasteiger partial charge is 0.109 e. The van der Waals surface area contributed by atoms with Crippen LogP contribution in [-0.4, -0.2) is 0 Å². The minimum absolute atomic E-state index is 0.320. The molecule has 10 heavy (non-hydrogen) atoms. The van der Waals surface area contributed by atoms with Crippen molar-refractivity contribution in [2.75, 3.05) is 0 Å². The first-order valence-electron chi connectivity index (χ1n) is 2.76. The minimum atomic E-state index is -0.320. The highest BCUT2D eigenvalue weighted by Crippen LogP contribution is 2.20. The second kappa shape index (κ2) is 3.24. The van der Waals surface area contributed by atoms with E-state index >= 15 is 0 Å². The number of hydrogen-bond acceptors (Lipinski definition) is 0. The van der Waals surface area contributed by atoms with Gasteiger partial charge in [0.05, 0.1) is 0 Å². The Labute approximate surface area is 69.2 Å². The molecule has 1 nitrogen and oxygen atoms in total. The highest BCUT2D eigenvalue weighted by molar-refractivity contribution is 6.33. The van der Waals surface area contributed by atoms with Crippen LogP contribution in [0.3, 0.4) is 0 Å². The Hall–Kier alpha value is -0.240. The summed E-state index contributed by atoms with van der Waals surface area (Å²) in [5.41, 5.74) is 0.550. The Bertz CT molecular complexity index is 235. The van der Waals surface area contributed by atoms with Gasteiger partial charge in [-0.05, 0) is 18.2 Å². The third-order valence-corrected chi connectivity index (χ3v) is 1.77. The van der Waals surface area contributed by atoms with Crippen LogP contribution in [-0.2, 0) is 11.7 Å². The monoisotopic (exact) mass is 175 g/mol. The van der Waals surface area contributed by atoms with Gasteiger partial charge in [-0.1, -0.05) is 23.2 Å². The molecule has 0 spiro atoms. The van der Waals surface area contributed by atoms with E-state index in [1.54, 1.807) is 18.2 Å². The van der Waals surface area contributed by atoms with Gasteiger partial charge in [0.2, 0.25) is 0 Å². The van der Waals surface area contributed by atoms with Crippen LogP contribution in [0.2, 0.25) is 10.0 Å². The van der Waals surface area contributed by atoms with Crippen molar-refractivity contribution in [3.63, 3.8) is 0 Å². The molecule has 0 aliphatic heterocycles. The zero-order valence-corrected chi connectivity index (χ0v) is 6.62. The van der Waals surface area contributed by atoms with Crippen molar-refractivity contribution in [1.82, 2.24) is 0 Å². The van der Waals surface area contributed by atoms with E-state index < -0.39 is 0 Å². The molecular formula is C7H5Cl2O. The highest BCUT2D eigenvalue weighted by atomic mass is 35.5. The van der Waals surface area contributed by atoms with Gasteiger partial charge >= 0.3 is 0 Å². The normalized spacial score (nSPS) is 9.90. The second-order valence-corrected chi connectivity index (χ2v) is 2.72. The lowest BCUT2D eigenvalue weighted by atomic mass is 10.2. The molecule has 0 saturated carbocycles. The summed E-state index contributed by atoms with van der Waals surface area (Å²) < 4.78 is 0. The Morgan fingerprint density at radius 3 is 2.50 bits per heavy atom. The molecule has 0 amide bonds. The molecule has 0 unspecified atom stereocenters. The summed E-state index contributed by atoms with van der Waals surface area (Å²) in [4.78, 5) is 0. The molecule has 3 heteroatoms. The minimum Gasteiger partial charge on any atom is -0.232 e. The van der Waals surface area contributed by atoms with Crippen LogP contribution < -0.4 is 0 Å². The van der Waals surface area contributed by atoms with E-state index in [-0.39, 0.29) is 6.61 Å². The lowest BCUT2D eigenvalue weighted by Gasteiger charge is -1.97. The number of halogens is 2. The molecular weight excluding hydrogens is 171 g/mol. The van der Waals surface area contributed by atoms with E-state index in [1.165, 1.54) is 0 Å². The van der Waals surface area contributed by atoms with E-state index in [2.05, 4.69) is 0 Å². The zero-order valence-electron chi connectivity index (χ0n) is 5.10. The topological polar surface area (TPSA) is 19.9 Å². The van der Waals surface area contributed by atoms with Gasteiger partial charge in [-0.15, -0.1) is 0 Å². The van der Waals surface area contributed by atoms with Crippen molar-refractivity contribution in [2.24, 2.45) is 0 Å².